The maximum absolute atomic E-state index is 13.0. The lowest BCUT2D eigenvalue weighted by Gasteiger charge is -2.33. The van der Waals surface area contributed by atoms with Gasteiger partial charge < -0.3 is 5.32 Å². The molecule has 1 saturated heterocycles. The Balaban J connectivity index is 2.34. The molecule has 1 heterocycles. The van der Waals surface area contributed by atoms with E-state index >= 15 is 0 Å². The Bertz CT molecular complexity index is 583. The Kier molecular flexibility index (Phi) is 5.82. The average Bonchev–Trinajstić information content (AvgIpc) is 2.48. The number of hydrogen-bond donors (Lipinski definition) is 1. The number of nitrogens with one attached hydrogen (secondary N) is 1. The van der Waals surface area contributed by atoms with Gasteiger partial charge in [0.25, 0.3) is 0 Å². The van der Waals surface area contributed by atoms with Crippen molar-refractivity contribution in [3.8, 4) is 0 Å². The highest BCUT2D eigenvalue weighted by Gasteiger charge is 2.31. The second-order valence-corrected chi connectivity index (χ2v) is 8.25. The Morgan fingerprint density at radius 3 is 2.57 bits per heavy atom. The van der Waals surface area contributed by atoms with Gasteiger partial charge in [-0.25, -0.2) is 8.42 Å². The van der Waals surface area contributed by atoms with Crippen LogP contribution in [0.15, 0.2) is 27.6 Å². The summed E-state index contributed by atoms with van der Waals surface area (Å²) in [7, 11) is -3.42. The summed E-state index contributed by atoms with van der Waals surface area (Å²) < 4.78 is 28.6. The number of rotatable bonds is 5. The SMILES string of the molecule is CCCN(C1CCNCC1)S(=O)(=O)c1ccc(Br)c(C)c1. The van der Waals surface area contributed by atoms with Gasteiger partial charge in [0.2, 0.25) is 10.0 Å². The first-order chi connectivity index (χ1) is 9.96. The second-order valence-electron chi connectivity index (χ2n) is 5.51. The molecule has 0 unspecified atom stereocenters. The van der Waals surface area contributed by atoms with Crippen molar-refractivity contribution in [1.29, 1.82) is 0 Å². The summed E-state index contributed by atoms with van der Waals surface area (Å²) in [5.41, 5.74) is 0.942. The number of aryl methyl sites for hydroxylation is 1. The van der Waals surface area contributed by atoms with Crippen molar-refractivity contribution in [3.63, 3.8) is 0 Å². The molecule has 1 aliphatic heterocycles. The van der Waals surface area contributed by atoms with E-state index in [2.05, 4.69) is 21.2 Å². The fourth-order valence-electron chi connectivity index (χ4n) is 2.73. The molecule has 118 valence electrons. The van der Waals surface area contributed by atoms with Gasteiger partial charge in [0.15, 0.2) is 0 Å². The van der Waals surface area contributed by atoms with Gasteiger partial charge in [0.1, 0.15) is 0 Å². The fraction of sp³-hybridized carbons (Fsp3) is 0.600. The maximum atomic E-state index is 13.0. The van der Waals surface area contributed by atoms with Crippen molar-refractivity contribution in [3.05, 3.63) is 28.2 Å². The van der Waals surface area contributed by atoms with Gasteiger partial charge >= 0.3 is 0 Å². The van der Waals surface area contributed by atoms with Crippen molar-refractivity contribution in [1.82, 2.24) is 9.62 Å². The van der Waals surface area contributed by atoms with Crippen molar-refractivity contribution < 1.29 is 8.42 Å². The highest BCUT2D eigenvalue weighted by atomic mass is 79.9. The van der Waals surface area contributed by atoms with Crippen LogP contribution in [0.25, 0.3) is 0 Å². The summed E-state index contributed by atoms with van der Waals surface area (Å²) in [6.07, 6.45) is 2.60. The van der Waals surface area contributed by atoms with E-state index < -0.39 is 10.0 Å². The van der Waals surface area contributed by atoms with E-state index in [1.54, 1.807) is 16.4 Å². The Morgan fingerprint density at radius 1 is 1.33 bits per heavy atom. The molecule has 0 spiro atoms. The van der Waals surface area contributed by atoms with E-state index in [0.717, 1.165) is 42.4 Å². The molecule has 0 amide bonds. The third kappa shape index (κ3) is 3.86. The Labute approximate surface area is 136 Å². The molecule has 2 rings (SSSR count). The molecular weight excluding hydrogens is 352 g/mol. The first-order valence-electron chi connectivity index (χ1n) is 7.45. The van der Waals surface area contributed by atoms with Crippen molar-refractivity contribution in [2.24, 2.45) is 0 Å². The highest BCUT2D eigenvalue weighted by Crippen LogP contribution is 2.26. The van der Waals surface area contributed by atoms with Crippen LogP contribution in [0.1, 0.15) is 31.7 Å². The molecule has 4 nitrogen and oxygen atoms in total. The maximum Gasteiger partial charge on any atom is 0.243 e. The summed E-state index contributed by atoms with van der Waals surface area (Å²) in [5.74, 6) is 0. The molecule has 0 aliphatic carbocycles. The van der Waals surface area contributed by atoms with Gasteiger partial charge in [0.05, 0.1) is 4.90 Å². The molecule has 1 aliphatic rings. The third-order valence-corrected chi connectivity index (χ3v) is 6.73. The van der Waals surface area contributed by atoms with Crippen LogP contribution in [0.5, 0.6) is 0 Å². The molecule has 6 heteroatoms. The predicted octanol–water partition coefficient (Wildman–Crippen LogP) is 2.91. The minimum absolute atomic E-state index is 0.111. The summed E-state index contributed by atoms with van der Waals surface area (Å²) in [4.78, 5) is 0.398. The smallest absolute Gasteiger partial charge is 0.243 e. The van der Waals surface area contributed by atoms with Crippen LogP contribution in [0.4, 0.5) is 0 Å². The van der Waals surface area contributed by atoms with E-state index in [1.807, 2.05) is 19.9 Å². The van der Waals surface area contributed by atoms with E-state index in [-0.39, 0.29) is 6.04 Å². The van der Waals surface area contributed by atoms with Crippen LogP contribution in [0, 0.1) is 6.92 Å². The molecular formula is C15H23BrN2O2S. The molecule has 1 N–H and O–H groups in total. The molecule has 0 bridgehead atoms. The van der Waals surface area contributed by atoms with Gasteiger partial charge in [0, 0.05) is 17.1 Å². The van der Waals surface area contributed by atoms with Gasteiger partial charge in [-0.1, -0.05) is 22.9 Å². The van der Waals surface area contributed by atoms with Crippen LogP contribution in [0.2, 0.25) is 0 Å². The third-order valence-electron chi connectivity index (χ3n) is 3.90. The van der Waals surface area contributed by atoms with Gasteiger partial charge in [-0.05, 0) is 63.0 Å². The number of nitrogens with zero attached hydrogens (tertiary/aromatic N) is 1. The van der Waals surface area contributed by atoms with Crippen molar-refractivity contribution in [2.45, 2.75) is 44.0 Å². The zero-order valence-corrected chi connectivity index (χ0v) is 15.0. The van der Waals surface area contributed by atoms with E-state index in [4.69, 9.17) is 0 Å². The van der Waals surface area contributed by atoms with Crippen molar-refractivity contribution >= 4 is 26.0 Å². The van der Waals surface area contributed by atoms with Crippen molar-refractivity contribution in [2.75, 3.05) is 19.6 Å². The topological polar surface area (TPSA) is 49.4 Å². The van der Waals surface area contributed by atoms with E-state index in [1.165, 1.54) is 0 Å². The Morgan fingerprint density at radius 2 is 2.00 bits per heavy atom. The summed E-state index contributed by atoms with van der Waals surface area (Å²) in [6.45, 7) is 6.30. The fourth-order valence-corrected chi connectivity index (χ4v) is 4.84. The zero-order valence-electron chi connectivity index (χ0n) is 12.6. The summed E-state index contributed by atoms with van der Waals surface area (Å²) in [6, 6.07) is 5.37. The molecule has 1 aromatic rings. The largest absolute Gasteiger partial charge is 0.317 e. The number of piperidine rings is 1. The molecule has 0 aromatic heterocycles. The van der Waals surface area contributed by atoms with E-state index in [0.29, 0.717) is 11.4 Å². The number of hydrogen-bond acceptors (Lipinski definition) is 3. The molecule has 21 heavy (non-hydrogen) atoms. The average molecular weight is 375 g/mol. The zero-order chi connectivity index (χ0) is 15.5. The van der Waals surface area contributed by atoms with E-state index in [9.17, 15) is 8.42 Å². The molecule has 1 fully saturated rings. The Hall–Kier alpha value is -0.430. The number of benzene rings is 1. The quantitative estimate of drug-likeness (QED) is 0.861. The summed E-state index contributed by atoms with van der Waals surface area (Å²) in [5, 5.41) is 3.29. The highest BCUT2D eigenvalue weighted by molar-refractivity contribution is 9.10. The van der Waals surface area contributed by atoms with Crippen LogP contribution < -0.4 is 5.32 Å². The standard InChI is InChI=1S/C15H23BrN2O2S/c1-3-10-18(13-6-8-17-9-7-13)21(19,20)14-4-5-15(16)12(2)11-14/h4-5,11,13,17H,3,6-10H2,1-2H3. The number of sulfonamides is 1. The normalized spacial score (nSPS) is 17.3. The van der Waals surface area contributed by atoms with Gasteiger partial charge in [-0.2, -0.15) is 4.31 Å². The summed E-state index contributed by atoms with van der Waals surface area (Å²) >= 11 is 3.42. The predicted molar refractivity (Wildman–Crippen MR) is 89.0 cm³/mol. The lowest BCUT2D eigenvalue weighted by atomic mass is 10.1. The first kappa shape index (κ1) is 16.9. The van der Waals surface area contributed by atoms with Crippen LogP contribution in [0.3, 0.4) is 0 Å². The van der Waals surface area contributed by atoms with Crippen LogP contribution in [-0.4, -0.2) is 38.4 Å². The van der Waals surface area contributed by atoms with Gasteiger partial charge in [-0.15, -0.1) is 0 Å². The van der Waals surface area contributed by atoms with Crippen LogP contribution in [-0.2, 0) is 10.0 Å². The molecule has 0 atom stereocenters. The monoisotopic (exact) mass is 374 g/mol. The molecule has 1 aromatic carbocycles. The second kappa shape index (κ2) is 7.22. The number of halogens is 1. The lowest BCUT2D eigenvalue weighted by molar-refractivity contribution is 0.262. The minimum Gasteiger partial charge on any atom is -0.317 e. The minimum atomic E-state index is -3.42. The first-order valence-corrected chi connectivity index (χ1v) is 9.69. The lowest BCUT2D eigenvalue weighted by Crippen LogP contribution is -2.46. The van der Waals surface area contributed by atoms with Crippen LogP contribution >= 0.6 is 15.9 Å². The van der Waals surface area contributed by atoms with Gasteiger partial charge in [-0.3, -0.25) is 0 Å². The molecule has 0 saturated carbocycles. The molecule has 0 radical (unpaired) electrons.